The zero-order valence-corrected chi connectivity index (χ0v) is 8.33. The van der Waals surface area contributed by atoms with E-state index in [0.717, 1.165) is 30.8 Å². The highest BCUT2D eigenvalue weighted by molar-refractivity contribution is 9.10. The van der Waals surface area contributed by atoms with Crippen molar-refractivity contribution in [2.24, 2.45) is 5.92 Å². The predicted octanol–water partition coefficient (Wildman–Crippen LogP) is 1.68. The molecule has 1 aliphatic rings. The Kier molecular flexibility index (Phi) is 2.46. The van der Waals surface area contributed by atoms with Gasteiger partial charge in [-0.05, 0) is 28.4 Å². The lowest BCUT2D eigenvalue weighted by Gasteiger charge is -2.06. The van der Waals surface area contributed by atoms with Crippen molar-refractivity contribution in [3.8, 4) is 0 Å². The molecule has 66 valence electrons. The normalized spacial score (nSPS) is 23.2. The Morgan fingerprint density at radius 3 is 3.25 bits per heavy atom. The highest BCUT2D eigenvalue weighted by atomic mass is 79.9. The molecule has 3 nitrogen and oxygen atoms in total. The molecule has 1 unspecified atom stereocenters. The van der Waals surface area contributed by atoms with Gasteiger partial charge < -0.3 is 4.74 Å². The van der Waals surface area contributed by atoms with E-state index in [1.54, 1.807) is 0 Å². The molecule has 0 saturated carbocycles. The molecule has 1 aromatic heterocycles. The number of aromatic nitrogens is 2. The van der Waals surface area contributed by atoms with Crippen LogP contribution in [0.1, 0.15) is 6.42 Å². The minimum Gasteiger partial charge on any atom is -0.381 e. The third-order valence-corrected chi connectivity index (χ3v) is 2.50. The van der Waals surface area contributed by atoms with E-state index in [4.69, 9.17) is 4.74 Å². The van der Waals surface area contributed by atoms with Gasteiger partial charge in [-0.25, -0.2) is 0 Å². The van der Waals surface area contributed by atoms with E-state index < -0.39 is 0 Å². The molecule has 1 aromatic rings. The maximum absolute atomic E-state index is 5.28. The van der Waals surface area contributed by atoms with E-state index >= 15 is 0 Å². The number of ether oxygens (including phenoxy) is 1. The quantitative estimate of drug-likeness (QED) is 0.774. The van der Waals surface area contributed by atoms with Crippen molar-refractivity contribution in [1.29, 1.82) is 0 Å². The summed E-state index contributed by atoms with van der Waals surface area (Å²) in [5.74, 6) is 0.650. The minimum absolute atomic E-state index is 0.650. The first kappa shape index (κ1) is 8.26. The Morgan fingerprint density at radius 2 is 2.67 bits per heavy atom. The fraction of sp³-hybridized carbons (Fsp3) is 0.625. The smallest absolute Gasteiger partial charge is 0.128 e. The van der Waals surface area contributed by atoms with Crippen LogP contribution in [-0.4, -0.2) is 23.0 Å². The van der Waals surface area contributed by atoms with Gasteiger partial charge in [-0.3, -0.25) is 4.68 Å². The van der Waals surface area contributed by atoms with Crippen LogP contribution in [0.25, 0.3) is 0 Å². The second-order valence-corrected chi connectivity index (χ2v) is 3.90. The van der Waals surface area contributed by atoms with Crippen LogP contribution in [0.4, 0.5) is 0 Å². The molecular weight excluding hydrogens is 220 g/mol. The highest BCUT2D eigenvalue weighted by Crippen LogP contribution is 2.15. The fourth-order valence-corrected chi connectivity index (χ4v) is 1.75. The van der Waals surface area contributed by atoms with Crippen molar-refractivity contribution < 1.29 is 4.74 Å². The summed E-state index contributed by atoms with van der Waals surface area (Å²) in [7, 11) is 0. The summed E-state index contributed by atoms with van der Waals surface area (Å²) in [6.07, 6.45) is 3.15. The van der Waals surface area contributed by atoms with Crippen molar-refractivity contribution in [2.75, 3.05) is 13.2 Å². The average Bonchev–Trinajstić information content (AvgIpc) is 2.63. The lowest BCUT2D eigenvalue weighted by Crippen LogP contribution is -2.10. The van der Waals surface area contributed by atoms with Crippen LogP contribution in [0.2, 0.25) is 0 Å². The van der Waals surface area contributed by atoms with Gasteiger partial charge in [0.05, 0.1) is 6.61 Å². The number of halogens is 1. The number of hydrogen-bond donors (Lipinski definition) is 0. The number of nitrogens with zero attached hydrogens (tertiary/aromatic N) is 2. The molecule has 12 heavy (non-hydrogen) atoms. The van der Waals surface area contributed by atoms with Gasteiger partial charge in [0.25, 0.3) is 0 Å². The SMILES string of the molecule is Brc1ccn(CC2CCOC2)n1. The first-order chi connectivity index (χ1) is 5.84. The summed E-state index contributed by atoms with van der Waals surface area (Å²) in [6.45, 7) is 2.77. The zero-order chi connectivity index (χ0) is 8.39. The Labute approximate surface area is 79.8 Å². The number of hydrogen-bond acceptors (Lipinski definition) is 2. The van der Waals surface area contributed by atoms with Gasteiger partial charge in [0.1, 0.15) is 4.60 Å². The van der Waals surface area contributed by atoms with E-state index in [2.05, 4.69) is 21.0 Å². The van der Waals surface area contributed by atoms with E-state index in [1.807, 2.05) is 16.9 Å². The maximum Gasteiger partial charge on any atom is 0.128 e. The lowest BCUT2D eigenvalue weighted by molar-refractivity contribution is 0.181. The maximum atomic E-state index is 5.28. The van der Waals surface area contributed by atoms with Crippen LogP contribution >= 0.6 is 15.9 Å². The van der Waals surface area contributed by atoms with Gasteiger partial charge in [-0.2, -0.15) is 5.10 Å². The van der Waals surface area contributed by atoms with Crippen LogP contribution in [-0.2, 0) is 11.3 Å². The van der Waals surface area contributed by atoms with Crippen LogP contribution in [0.15, 0.2) is 16.9 Å². The van der Waals surface area contributed by atoms with Crippen molar-refractivity contribution in [3.63, 3.8) is 0 Å². The van der Waals surface area contributed by atoms with Crippen LogP contribution in [0.5, 0.6) is 0 Å². The summed E-state index contributed by atoms with van der Waals surface area (Å²) < 4.78 is 8.15. The molecule has 2 rings (SSSR count). The van der Waals surface area contributed by atoms with Gasteiger partial charge in [0, 0.05) is 25.3 Å². The summed E-state index contributed by atoms with van der Waals surface area (Å²) >= 11 is 3.32. The van der Waals surface area contributed by atoms with Crippen molar-refractivity contribution >= 4 is 15.9 Å². The van der Waals surface area contributed by atoms with Gasteiger partial charge >= 0.3 is 0 Å². The van der Waals surface area contributed by atoms with E-state index in [0.29, 0.717) is 5.92 Å². The summed E-state index contributed by atoms with van der Waals surface area (Å²) in [6, 6.07) is 1.95. The Morgan fingerprint density at radius 1 is 1.75 bits per heavy atom. The van der Waals surface area contributed by atoms with Crippen LogP contribution in [0.3, 0.4) is 0 Å². The third kappa shape index (κ3) is 1.87. The van der Waals surface area contributed by atoms with Gasteiger partial charge in [0.15, 0.2) is 0 Å². The molecule has 1 saturated heterocycles. The molecule has 0 aromatic carbocycles. The first-order valence-corrected chi connectivity index (χ1v) is 4.90. The molecule has 4 heteroatoms. The largest absolute Gasteiger partial charge is 0.381 e. The molecule has 0 N–H and O–H groups in total. The summed E-state index contributed by atoms with van der Waals surface area (Å²) in [5.41, 5.74) is 0. The highest BCUT2D eigenvalue weighted by Gasteiger charge is 2.16. The minimum atomic E-state index is 0.650. The fourth-order valence-electron chi connectivity index (χ4n) is 1.43. The van der Waals surface area contributed by atoms with E-state index in [9.17, 15) is 0 Å². The lowest BCUT2D eigenvalue weighted by atomic mass is 10.1. The standard InChI is InChI=1S/C8H11BrN2O/c9-8-1-3-11(10-8)5-7-2-4-12-6-7/h1,3,7H,2,4-6H2. The predicted molar refractivity (Wildman–Crippen MR) is 48.9 cm³/mol. The molecule has 1 aliphatic heterocycles. The van der Waals surface area contributed by atoms with Gasteiger partial charge in [-0.1, -0.05) is 0 Å². The average molecular weight is 231 g/mol. The van der Waals surface area contributed by atoms with Crippen molar-refractivity contribution in [2.45, 2.75) is 13.0 Å². The molecule has 0 amide bonds. The van der Waals surface area contributed by atoms with Crippen molar-refractivity contribution in [1.82, 2.24) is 9.78 Å². The first-order valence-electron chi connectivity index (χ1n) is 4.11. The third-order valence-electron chi connectivity index (χ3n) is 2.08. The molecule has 1 atom stereocenters. The Balaban J connectivity index is 1.94. The second-order valence-electron chi connectivity index (χ2n) is 3.09. The summed E-state index contributed by atoms with van der Waals surface area (Å²) in [5, 5.41) is 4.25. The molecule has 0 radical (unpaired) electrons. The van der Waals surface area contributed by atoms with Gasteiger partial charge in [-0.15, -0.1) is 0 Å². The molecule has 0 aliphatic carbocycles. The second kappa shape index (κ2) is 3.58. The topological polar surface area (TPSA) is 27.1 Å². The molecule has 2 heterocycles. The monoisotopic (exact) mass is 230 g/mol. The van der Waals surface area contributed by atoms with E-state index in [1.165, 1.54) is 0 Å². The van der Waals surface area contributed by atoms with Gasteiger partial charge in [0.2, 0.25) is 0 Å². The molecular formula is C8H11BrN2O. The zero-order valence-electron chi connectivity index (χ0n) is 6.74. The summed E-state index contributed by atoms with van der Waals surface area (Å²) in [4.78, 5) is 0. The number of rotatable bonds is 2. The Hall–Kier alpha value is -0.350. The molecule has 1 fully saturated rings. The molecule has 0 spiro atoms. The van der Waals surface area contributed by atoms with E-state index in [-0.39, 0.29) is 0 Å². The van der Waals surface area contributed by atoms with Crippen LogP contribution < -0.4 is 0 Å². The molecule has 0 bridgehead atoms. The Bertz CT molecular complexity index is 255. The van der Waals surface area contributed by atoms with Crippen molar-refractivity contribution in [3.05, 3.63) is 16.9 Å². The van der Waals surface area contributed by atoms with Crippen LogP contribution in [0, 0.1) is 5.92 Å².